The molecule has 1 aromatic rings. The van der Waals surface area contributed by atoms with Crippen LogP contribution in [0.5, 0.6) is 0 Å². The number of anilines is 1. The van der Waals surface area contributed by atoms with Crippen LogP contribution in [-0.2, 0) is 19.4 Å². The molecule has 0 saturated carbocycles. The van der Waals surface area contributed by atoms with Gasteiger partial charge in [0.1, 0.15) is 10.7 Å². The standard InChI is InChI=1S/C12H16N2O5S/c1-20(17,18)10-3-2-6-13-11(10)14-7-8-4-5-9(19-8)12(15)16/h2-3,6,8-9H,4-5,7H2,1H3,(H,13,14)(H,15,16). The summed E-state index contributed by atoms with van der Waals surface area (Å²) in [6, 6.07) is 3.02. The molecule has 0 bridgehead atoms. The molecule has 1 aromatic heterocycles. The maximum atomic E-state index is 11.6. The van der Waals surface area contributed by atoms with Crippen LogP contribution in [0.15, 0.2) is 23.2 Å². The highest BCUT2D eigenvalue weighted by atomic mass is 32.2. The molecule has 2 unspecified atom stereocenters. The summed E-state index contributed by atoms with van der Waals surface area (Å²) in [5, 5.41) is 11.7. The largest absolute Gasteiger partial charge is 0.479 e. The van der Waals surface area contributed by atoms with Crippen molar-refractivity contribution in [3.8, 4) is 0 Å². The Bertz CT molecular complexity index is 602. The van der Waals surface area contributed by atoms with Gasteiger partial charge in [0.15, 0.2) is 15.9 Å². The van der Waals surface area contributed by atoms with E-state index in [2.05, 4.69) is 10.3 Å². The van der Waals surface area contributed by atoms with Gasteiger partial charge in [-0.1, -0.05) is 0 Å². The van der Waals surface area contributed by atoms with Gasteiger partial charge in [-0.25, -0.2) is 18.2 Å². The minimum atomic E-state index is -3.36. The topological polar surface area (TPSA) is 106 Å². The van der Waals surface area contributed by atoms with E-state index in [1.54, 1.807) is 6.07 Å². The second-order valence-corrected chi connectivity index (χ2v) is 6.65. The summed E-state index contributed by atoms with van der Waals surface area (Å²) in [6.07, 6.45) is 2.65. The first-order valence-electron chi connectivity index (χ1n) is 6.15. The van der Waals surface area contributed by atoms with E-state index in [1.165, 1.54) is 12.3 Å². The Balaban J connectivity index is 2.01. The van der Waals surface area contributed by atoms with Crippen molar-refractivity contribution < 1.29 is 23.1 Å². The Morgan fingerprint density at radius 1 is 1.55 bits per heavy atom. The number of aliphatic carboxylic acids is 1. The van der Waals surface area contributed by atoms with Crippen LogP contribution in [0.4, 0.5) is 5.82 Å². The minimum Gasteiger partial charge on any atom is -0.479 e. The maximum absolute atomic E-state index is 11.6. The molecule has 0 aliphatic carbocycles. The van der Waals surface area contributed by atoms with Crippen LogP contribution < -0.4 is 5.32 Å². The molecule has 110 valence electrons. The normalized spacial score (nSPS) is 22.6. The summed E-state index contributed by atoms with van der Waals surface area (Å²) in [7, 11) is -3.36. The second-order valence-electron chi connectivity index (χ2n) is 4.67. The summed E-state index contributed by atoms with van der Waals surface area (Å²) < 4.78 is 28.5. The van der Waals surface area contributed by atoms with Crippen molar-refractivity contribution >= 4 is 21.6 Å². The number of sulfone groups is 1. The molecule has 0 spiro atoms. The zero-order valence-electron chi connectivity index (χ0n) is 10.9. The monoisotopic (exact) mass is 300 g/mol. The fourth-order valence-electron chi connectivity index (χ4n) is 2.07. The van der Waals surface area contributed by atoms with Gasteiger partial charge in [0.25, 0.3) is 0 Å². The van der Waals surface area contributed by atoms with E-state index in [4.69, 9.17) is 9.84 Å². The summed E-state index contributed by atoms with van der Waals surface area (Å²) in [5.41, 5.74) is 0. The molecule has 2 N–H and O–H groups in total. The zero-order chi connectivity index (χ0) is 14.8. The van der Waals surface area contributed by atoms with Crippen molar-refractivity contribution in [2.75, 3.05) is 18.1 Å². The second kappa shape index (κ2) is 5.76. The Hall–Kier alpha value is -1.67. The molecule has 20 heavy (non-hydrogen) atoms. The molecule has 1 saturated heterocycles. The van der Waals surface area contributed by atoms with Crippen LogP contribution in [0.25, 0.3) is 0 Å². The number of pyridine rings is 1. The molecule has 7 nitrogen and oxygen atoms in total. The van der Waals surface area contributed by atoms with Gasteiger partial charge in [0.05, 0.1) is 6.10 Å². The van der Waals surface area contributed by atoms with Gasteiger partial charge in [-0.2, -0.15) is 0 Å². The molecule has 1 aliphatic heterocycles. The molecular formula is C12H16N2O5S. The van der Waals surface area contributed by atoms with Crippen molar-refractivity contribution in [2.24, 2.45) is 0 Å². The van der Waals surface area contributed by atoms with Crippen LogP contribution in [0.3, 0.4) is 0 Å². The molecule has 0 aromatic carbocycles. The molecule has 0 radical (unpaired) electrons. The van der Waals surface area contributed by atoms with Gasteiger partial charge < -0.3 is 15.2 Å². The lowest BCUT2D eigenvalue weighted by atomic mass is 10.2. The number of aromatic nitrogens is 1. The highest BCUT2D eigenvalue weighted by Gasteiger charge is 2.30. The van der Waals surface area contributed by atoms with Gasteiger partial charge in [0, 0.05) is 19.0 Å². The Kier molecular flexibility index (Phi) is 4.24. The van der Waals surface area contributed by atoms with Gasteiger partial charge >= 0.3 is 5.97 Å². The van der Waals surface area contributed by atoms with Crippen molar-refractivity contribution in [1.29, 1.82) is 0 Å². The highest BCUT2D eigenvalue weighted by Crippen LogP contribution is 2.22. The quantitative estimate of drug-likeness (QED) is 0.817. The average molecular weight is 300 g/mol. The lowest BCUT2D eigenvalue weighted by Crippen LogP contribution is -2.25. The van der Waals surface area contributed by atoms with E-state index in [0.29, 0.717) is 19.4 Å². The van der Waals surface area contributed by atoms with Crippen LogP contribution in [0.2, 0.25) is 0 Å². The first-order chi connectivity index (χ1) is 9.38. The Labute approximate surface area is 116 Å². The molecule has 1 aliphatic rings. The lowest BCUT2D eigenvalue weighted by Gasteiger charge is -2.14. The molecule has 2 heterocycles. The van der Waals surface area contributed by atoms with Crippen LogP contribution in [0, 0.1) is 0 Å². The van der Waals surface area contributed by atoms with Gasteiger partial charge in [-0.05, 0) is 25.0 Å². The summed E-state index contributed by atoms with van der Waals surface area (Å²) in [6.45, 7) is 0.323. The number of ether oxygens (including phenoxy) is 1. The number of carboxylic acids is 1. The van der Waals surface area contributed by atoms with Crippen molar-refractivity contribution in [3.63, 3.8) is 0 Å². The van der Waals surface area contributed by atoms with Gasteiger partial charge in [-0.3, -0.25) is 0 Å². The van der Waals surface area contributed by atoms with Crippen molar-refractivity contribution in [2.45, 2.75) is 29.9 Å². The number of hydrogen-bond acceptors (Lipinski definition) is 6. The molecule has 1 fully saturated rings. The molecule has 2 atom stereocenters. The van der Waals surface area contributed by atoms with E-state index in [-0.39, 0.29) is 16.8 Å². The van der Waals surface area contributed by atoms with Gasteiger partial charge in [0.2, 0.25) is 0 Å². The van der Waals surface area contributed by atoms with E-state index in [1.807, 2.05) is 0 Å². The molecule has 8 heteroatoms. The molecular weight excluding hydrogens is 284 g/mol. The number of nitrogens with zero attached hydrogens (tertiary/aromatic N) is 1. The minimum absolute atomic E-state index is 0.118. The third-order valence-corrected chi connectivity index (χ3v) is 4.18. The van der Waals surface area contributed by atoms with E-state index in [9.17, 15) is 13.2 Å². The zero-order valence-corrected chi connectivity index (χ0v) is 11.8. The molecule has 2 rings (SSSR count). The number of nitrogens with one attached hydrogen (secondary N) is 1. The summed E-state index contributed by atoms with van der Waals surface area (Å²) in [4.78, 5) is 14.9. The number of carboxylic acid groups (broad SMARTS) is 1. The average Bonchev–Trinajstić information content (AvgIpc) is 2.84. The van der Waals surface area contributed by atoms with Crippen molar-refractivity contribution in [3.05, 3.63) is 18.3 Å². The van der Waals surface area contributed by atoms with Gasteiger partial charge in [-0.15, -0.1) is 0 Å². The van der Waals surface area contributed by atoms with Crippen LogP contribution in [0.1, 0.15) is 12.8 Å². The van der Waals surface area contributed by atoms with Crippen LogP contribution >= 0.6 is 0 Å². The first-order valence-corrected chi connectivity index (χ1v) is 8.04. The number of hydrogen-bond donors (Lipinski definition) is 2. The number of rotatable bonds is 5. The number of carbonyl (C=O) groups is 1. The smallest absolute Gasteiger partial charge is 0.332 e. The predicted octanol–water partition coefficient (Wildman–Crippen LogP) is 0.529. The highest BCUT2D eigenvalue weighted by molar-refractivity contribution is 7.90. The first kappa shape index (κ1) is 14.7. The summed E-state index contributed by atoms with van der Waals surface area (Å²) >= 11 is 0. The van der Waals surface area contributed by atoms with E-state index in [0.717, 1.165) is 6.26 Å². The Morgan fingerprint density at radius 2 is 2.30 bits per heavy atom. The predicted molar refractivity (Wildman–Crippen MR) is 71.4 cm³/mol. The SMILES string of the molecule is CS(=O)(=O)c1cccnc1NCC1CCC(C(=O)O)O1. The third kappa shape index (κ3) is 3.45. The van der Waals surface area contributed by atoms with E-state index >= 15 is 0 Å². The lowest BCUT2D eigenvalue weighted by molar-refractivity contribution is -0.149. The van der Waals surface area contributed by atoms with Crippen molar-refractivity contribution in [1.82, 2.24) is 4.98 Å². The Morgan fingerprint density at radius 3 is 2.90 bits per heavy atom. The molecule has 0 amide bonds. The maximum Gasteiger partial charge on any atom is 0.332 e. The third-order valence-electron chi connectivity index (χ3n) is 3.05. The van der Waals surface area contributed by atoms with E-state index < -0.39 is 21.9 Å². The van der Waals surface area contributed by atoms with Crippen LogP contribution in [-0.4, -0.2) is 49.5 Å². The fourth-order valence-corrected chi connectivity index (χ4v) is 2.87. The summed E-state index contributed by atoms with van der Waals surface area (Å²) in [5.74, 6) is -0.709. The fraction of sp³-hybridized carbons (Fsp3) is 0.500.